The predicted octanol–water partition coefficient (Wildman–Crippen LogP) is 3.48. The van der Waals surface area contributed by atoms with Crippen molar-refractivity contribution in [3.8, 4) is 0 Å². The average molecular weight is 374 g/mol. The Bertz CT molecular complexity index is 1130. The topological polar surface area (TPSA) is 79.6 Å². The maximum atomic E-state index is 12.5. The molecule has 2 heterocycles. The lowest BCUT2D eigenvalue weighted by Gasteiger charge is -2.14. The normalized spacial score (nSPS) is 21.5. The molecule has 3 aromatic rings. The van der Waals surface area contributed by atoms with Gasteiger partial charge in [0.15, 0.2) is 0 Å². The molecule has 28 heavy (non-hydrogen) atoms. The van der Waals surface area contributed by atoms with Crippen LogP contribution in [0.3, 0.4) is 0 Å². The van der Waals surface area contributed by atoms with Gasteiger partial charge in [-0.15, -0.1) is 0 Å². The third-order valence-electron chi connectivity index (χ3n) is 5.56. The van der Waals surface area contributed by atoms with E-state index in [0.29, 0.717) is 18.5 Å². The molecule has 1 saturated heterocycles. The van der Waals surface area contributed by atoms with Crippen LogP contribution in [0.1, 0.15) is 12.8 Å². The van der Waals surface area contributed by atoms with Crippen molar-refractivity contribution >= 4 is 45.3 Å². The number of amides is 3. The number of carbonyl (C=O) groups is 3. The molecule has 0 saturated carbocycles. The summed E-state index contributed by atoms with van der Waals surface area (Å²) in [5.74, 6) is -1.52. The maximum absolute atomic E-state index is 12.5. The second-order valence-electron chi connectivity index (χ2n) is 7.28. The molecule has 2 aromatic carbocycles. The van der Waals surface area contributed by atoms with Crippen LogP contribution in [-0.4, -0.2) is 29.2 Å². The second kappa shape index (κ2) is 6.34. The van der Waals surface area contributed by atoms with E-state index in [1.54, 1.807) is 12.1 Å². The quantitative estimate of drug-likeness (QED) is 0.562. The number of fused-ring (bicyclic) bond motifs is 4. The number of rotatable bonds is 3. The summed E-state index contributed by atoms with van der Waals surface area (Å²) in [6, 6.07) is 13.1. The van der Waals surface area contributed by atoms with Gasteiger partial charge in [-0.05, 0) is 37.1 Å². The number of nitrogens with zero attached hydrogens (tertiary/aromatic N) is 1. The summed E-state index contributed by atoms with van der Waals surface area (Å²) in [6.07, 6.45) is 5.00. The fourth-order valence-electron chi connectivity index (χ4n) is 4.17. The van der Waals surface area contributed by atoms with Gasteiger partial charge in [-0.3, -0.25) is 19.3 Å². The molecule has 1 fully saturated rings. The lowest BCUT2D eigenvalue weighted by Crippen LogP contribution is -2.38. The number of allylic oxidation sites excluding steroid dienone is 2. The molecule has 3 amide bonds. The van der Waals surface area contributed by atoms with Crippen molar-refractivity contribution in [3.05, 3.63) is 54.6 Å². The van der Waals surface area contributed by atoms with Crippen molar-refractivity contribution in [2.45, 2.75) is 12.8 Å². The van der Waals surface area contributed by atoms with Crippen LogP contribution in [-0.2, 0) is 14.4 Å². The minimum Gasteiger partial charge on any atom is -0.456 e. The average Bonchev–Trinajstić information content (AvgIpc) is 3.19. The van der Waals surface area contributed by atoms with Crippen LogP contribution in [0, 0.1) is 11.8 Å². The van der Waals surface area contributed by atoms with Crippen LogP contribution in [0.5, 0.6) is 0 Å². The van der Waals surface area contributed by atoms with E-state index in [-0.39, 0.29) is 36.1 Å². The lowest BCUT2D eigenvalue weighted by molar-refractivity contribution is -0.142. The molecule has 0 radical (unpaired) electrons. The number of benzene rings is 2. The highest BCUT2D eigenvalue weighted by Gasteiger charge is 2.47. The number of likely N-dealkylation sites (tertiary alicyclic amines) is 1. The number of furan rings is 1. The van der Waals surface area contributed by atoms with Crippen molar-refractivity contribution in [2.24, 2.45) is 11.8 Å². The summed E-state index contributed by atoms with van der Waals surface area (Å²) in [5.41, 5.74) is 2.12. The number of carbonyl (C=O) groups excluding carboxylic acids is 3. The molecule has 2 aliphatic rings. The Kier molecular flexibility index (Phi) is 3.79. The van der Waals surface area contributed by atoms with E-state index in [4.69, 9.17) is 4.42 Å². The summed E-state index contributed by atoms with van der Waals surface area (Å²) in [4.78, 5) is 38.6. The van der Waals surface area contributed by atoms with Crippen LogP contribution in [0.15, 0.2) is 59.0 Å². The van der Waals surface area contributed by atoms with Gasteiger partial charge in [0.25, 0.3) is 0 Å². The number of imide groups is 1. The Morgan fingerprint density at radius 3 is 2.39 bits per heavy atom. The summed E-state index contributed by atoms with van der Waals surface area (Å²) in [6.45, 7) is -0.255. The number of anilines is 1. The summed E-state index contributed by atoms with van der Waals surface area (Å²) in [5, 5.41) is 4.66. The maximum Gasteiger partial charge on any atom is 0.244 e. The molecule has 6 heteroatoms. The first kappa shape index (κ1) is 16.7. The van der Waals surface area contributed by atoms with Gasteiger partial charge in [-0.1, -0.05) is 30.4 Å². The number of hydrogen-bond donors (Lipinski definition) is 1. The van der Waals surface area contributed by atoms with E-state index in [1.807, 2.05) is 42.5 Å². The standard InChI is InChI=1S/C22H18N2O4/c25-20(12-24-21(26)15-6-1-2-7-16(15)22(24)27)23-13-9-10-19-17(11-13)14-5-3-4-8-18(14)28-19/h1-5,8-11,15-16H,6-7,12H2,(H,23,25)/t15-,16-/m1/s1. The highest BCUT2D eigenvalue weighted by molar-refractivity contribution is 6.10. The van der Waals surface area contributed by atoms with Crippen molar-refractivity contribution in [2.75, 3.05) is 11.9 Å². The van der Waals surface area contributed by atoms with Crippen LogP contribution < -0.4 is 5.32 Å². The van der Waals surface area contributed by atoms with Crippen LogP contribution in [0.25, 0.3) is 21.9 Å². The largest absolute Gasteiger partial charge is 0.456 e. The monoisotopic (exact) mass is 374 g/mol. The van der Waals surface area contributed by atoms with Gasteiger partial charge in [-0.25, -0.2) is 0 Å². The van der Waals surface area contributed by atoms with Crippen molar-refractivity contribution in [3.63, 3.8) is 0 Å². The van der Waals surface area contributed by atoms with E-state index < -0.39 is 0 Å². The second-order valence-corrected chi connectivity index (χ2v) is 7.28. The Morgan fingerprint density at radius 1 is 0.964 bits per heavy atom. The molecule has 0 spiro atoms. The van der Waals surface area contributed by atoms with E-state index in [9.17, 15) is 14.4 Å². The van der Waals surface area contributed by atoms with E-state index in [2.05, 4.69) is 5.32 Å². The summed E-state index contributed by atoms with van der Waals surface area (Å²) < 4.78 is 5.79. The Morgan fingerprint density at radius 2 is 1.64 bits per heavy atom. The molecule has 1 aliphatic carbocycles. The van der Waals surface area contributed by atoms with E-state index in [0.717, 1.165) is 26.8 Å². The van der Waals surface area contributed by atoms with Crippen LogP contribution in [0.4, 0.5) is 5.69 Å². The van der Waals surface area contributed by atoms with Gasteiger partial charge in [0.2, 0.25) is 17.7 Å². The fourth-order valence-corrected chi connectivity index (χ4v) is 4.17. The first-order valence-electron chi connectivity index (χ1n) is 9.33. The number of para-hydroxylation sites is 1. The summed E-state index contributed by atoms with van der Waals surface area (Å²) >= 11 is 0. The molecule has 1 N–H and O–H groups in total. The molecule has 6 nitrogen and oxygen atoms in total. The zero-order valence-corrected chi connectivity index (χ0v) is 15.1. The zero-order valence-electron chi connectivity index (χ0n) is 15.1. The van der Waals surface area contributed by atoms with Crippen LogP contribution >= 0.6 is 0 Å². The molecular formula is C22H18N2O4. The third kappa shape index (κ3) is 2.60. The molecule has 1 aliphatic heterocycles. The Labute approximate surface area is 160 Å². The van der Waals surface area contributed by atoms with E-state index >= 15 is 0 Å². The number of hydrogen-bond acceptors (Lipinski definition) is 4. The molecular weight excluding hydrogens is 356 g/mol. The molecule has 5 rings (SSSR count). The van der Waals surface area contributed by atoms with Gasteiger partial charge in [0, 0.05) is 16.5 Å². The smallest absolute Gasteiger partial charge is 0.244 e. The van der Waals surface area contributed by atoms with Crippen molar-refractivity contribution in [1.29, 1.82) is 0 Å². The number of nitrogens with one attached hydrogen (secondary N) is 1. The highest BCUT2D eigenvalue weighted by Crippen LogP contribution is 2.35. The minimum atomic E-state index is -0.388. The van der Waals surface area contributed by atoms with Gasteiger partial charge in [0.1, 0.15) is 17.7 Å². The third-order valence-corrected chi connectivity index (χ3v) is 5.56. The Hall–Kier alpha value is -3.41. The summed E-state index contributed by atoms with van der Waals surface area (Å²) in [7, 11) is 0. The van der Waals surface area contributed by atoms with E-state index in [1.165, 1.54) is 0 Å². The molecule has 1 aromatic heterocycles. The van der Waals surface area contributed by atoms with Crippen molar-refractivity contribution < 1.29 is 18.8 Å². The fraction of sp³-hybridized carbons (Fsp3) is 0.227. The van der Waals surface area contributed by atoms with Crippen LogP contribution in [0.2, 0.25) is 0 Å². The predicted molar refractivity (Wildman–Crippen MR) is 104 cm³/mol. The molecule has 140 valence electrons. The lowest BCUT2D eigenvalue weighted by atomic mass is 9.85. The zero-order chi connectivity index (χ0) is 19.3. The highest BCUT2D eigenvalue weighted by atomic mass is 16.3. The molecule has 0 bridgehead atoms. The molecule has 2 atom stereocenters. The van der Waals surface area contributed by atoms with Crippen molar-refractivity contribution in [1.82, 2.24) is 4.90 Å². The SMILES string of the molecule is O=C(CN1C(=O)[C@@H]2CC=CC[C@H]2C1=O)Nc1ccc2oc3ccccc3c2c1. The molecule has 0 unspecified atom stereocenters. The van der Waals surface area contributed by atoms with Gasteiger partial charge >= 0.3 is 0 Å². The first-order valence-corrected chi connectivity index (χ1v) is 9.33. The Balaban J connectivity index is 1.35. The van der Waals surface area contributed by atoms with Gasteiger partial charge in [0.05, 0.1) is 11.8 Å². The van der Waals surface area contributed by atoms with Gasteiger partial charge in [-0.2, -0.15) is 0 Å². The van der Waals surface area contributed by atoms with Gasteiger partial charge < -0.3 is 9.73 Å². The minimum absolute atomic E-state index is 0.245. The first-order chi connectivity index (χ1) is 13.6.